The van der Waals surface area contributed by atoms with Gasteiger partial charge in [0, 0.05) is 28.2 Å². The van der Waals surface area contributed by atoms with Gasteiger partial charge in [-0.1, -0.05) is 29.8 Å². The highest BCUT2D eigenvalue weighted by atomic mass is 16.1. The second-order valence-corrected chi connectivity index (χ2v) is 6.16. The Morgan fingerprint density at radius 2 is 1.38 bits per heavy atom. The second-order valence-electron chi connectivity index (χ2n) is 6.16. The maximum atomic E-state index is 12.3. The number of carbonyl (C=O) groups excluding carboxylic acids is 2. The average molecular weight is 344 g/mol. The van der Waals surface area contributed by atoms with Gasteiger partial charge < -0.3 is 10.6 Å². The summed E-state index contributed by atoms with van der Waals surface area (Å²) in [6, 6.07) is 22.3. The van der Waals surface area contributed by atoms with Crippen molar-refractivity contribution >= 4 is 28.8 Å². The average Bonchev–Trinajstić information content (AvgIpc) is 2.63. The number of aryl methyl sites for hydroxylation is 1. The van der Waals surface area contributed by atoms with Gasteiger partial charge in [0.25, 0.3) is 5.91 Å². The molecule has 4 nitrogen and oxygen atoms in total. The molecule has 130 valence electrons. The Hall–Kier alpha value is -3.40. The Bertz CT molecular complexity index is 946. The van der Waals surface area contributed by atoms with E-state index >= 15 is 0 Å². The minimum atomic E-state index is -0.136. The Morgan fingerprint density at radius 1 is 0.731 bits per heavy atom. The summed E-state index contributed by atoms with van der Waals surface area (Å²) < 4.78 is 0. The molecule has 0 fully saturated rings. The van der Waals surface area contributed by atoms with Crippen LogP contribution in [-0.4, -0.2) is 11.7 Å². The smallest absolute Gasteiger partial charge is 0.255 e. The van der Waals surface area contributed by atoms with E-state index in [-0.39, 0.29) is 11.7 Å². The first-order chi connectivity index (χ1) is 12.5. The lowest BCUT2D eigenvalue weighted by Crippen LogP contribution is -2.11. The molecule has 0 saturated carbocycles. The van der Waals surface area contributed by atoms with Gasteiger partial charge in [-0.25, -0.2) is 0 Å². The summed E-state index contributed by atoms with van der Waals surface area (Å²) in [6.07, 6.45) is 0. The highest BCUT2D eigenvalue weighted by Crippen LogP contribution is 2.20. The number of amides is 1. The van der Waals surface area contributed by atoms with Gasteiger partial charge in [0.15, 0.2) is 5.78 Å². The van der Waals surface area contributed by atoms with Gasteiger partial charge in [0.2, 0.25) is 0 Å². The van der Waals surface area contributed by atoms with E-state index in [1.807, 2.05) is 67.6 Å². The van der Waals surface area contributed by atoms with E-state index in [0.29, 0.717) is 11.1 Å². The molecule has 4 heteroatoms. The number of ketones is 1. The third-order valence-corrected chi connectivity index (χ3v) is 3.98. The molecular weight excluding hydrogens is 324 g/mol. The van der Waals surface area contributed by atoms with Crippen molar-refractivity contribution < 1.29 is 9.59 Å². The number of benzene rings is 3. The second kappa shape index (κ2) is 7.66. The van der Waals surface area contributed by atoms with Gasteiger partial charge >= 0.3 is 0 Å². The SMILES string of the molecule is CC(=O)c1cccc(Nc2ccc(NC(=O)c3cccc(C)c3)cc2)c1. The van der Waals surface area contributed by atoms with Crippen molar-refractivity contribution in [3.63, 3.8) is 0 Å². The van der Waals surface area contributed by atoms with Gasteiger partial charge in [-0.15, -0.1) is 0 Å². The van der Waals surface area contributed by atoms with Gasteiger partial charge in [-0.3, -0.25) is 9.59 Å². The summed E-state index contributed by atoms with van der Waals surface area (Å²) in [5, 5.41) is 6.14. The number of rotatable bonds is 5. The fourth-order valence-electron chi connectivity index (χ4n) is 2.61. The van der Waals surface area contributed by atoms with Crippen LogP contribution in [-0.2, 0) is 0 Å². The van der Waals surface area contributed by atoms with Crippen molar-refractivity contribution in [3.05, 3.63) is 89.5 Å². The molecule has 0 aliphatic rings. The van der Waals surface area contributed by atoms with E-state index in [9.17, 15) is 9.59 Å². The zero-order valence-corrected chi connectivity index (χ0v) is 14.7. The summed E-state index contributed by atoms with van der Waals surface area (Å²) in [5.41, 5.74) is 4.78. The molecular formula is C22H20N2O2. The summed E-state index contributed by atoms with van der Waals surface area (Å²) >= 11 is 0. The molecule has 0 atom stereocenters. The number of Topliss-reactive ketones (excluding diaryl/α,β-unsaturated/α-hetero) is 1. The normalized spacial score (nSPS) is 10.2. The lowest BCUT2D eigenvalue weighted by Gasteiger charge is -2.10. The fraction of sp³-hybridized carbons (Fsp3) is 0.0909. The largest absolute Gasteiger partial charge is 0.356 e. The molecule has 0 spiro atoms. The van der Waals surface area contributed by atoms with Crippen molar-refractivity contribution in [2.75, 3.05) is 10.6 Å². The van der Waals surface area contributed by atoms with Crippen LogP contribution in [0.15, 0.2) is 72.8 Å². The first-order valence-corrected chi connectivity index (χ1v) is 8.37. The fourth-order valence-corrected chi connectivity index (χ4v) is 2.61. The van der Waals surface area contributed by atoms with Gasteiger partial charge in [-0.2, -0.15) is 0 Å². The predicted molar refractivity (Wildman–Crippen MR) is 105 cm³/mol. The molecule has 0 radical (unpaired) electrons. The highest BCUT2D eigenvalue weighted by molar-refractivity contribution is 6.04. The predicted octanol–water partition coefficient (Wildman–Crippen LogP) is 5.19. The monoisotopic (exact) mass is 344 g/mol. The Kier molecular flexibility index (Phi) is 5.13. The van der Waals surface area contributed by atoms with E-state index in [4.69, 9.17) is 0 Å². The van der Waals surface area contributed by atoms with Crippen LogP contribution in [0.3, 0.4) is 0 Å². The Morgan fingerprint density at radius 3 is 2.08 bits per heavy atom. The third kappa shape index (κ3) is 4.36. The molecule has 0 saturated heterocycles. The number of hydrogen-bond donors (Lipinski definition) is 2. The van der Waals surface area contributed by atoms with Crippen molar-refractivity contribution in [2.45, 2.75) is 13.8 Å². The van der Waals surface area contributed by atoms with Crippen molar-refractivity contribution in [3.8, 4) is 0 Å². The van der Waals surface area contributed by atoms with E-state index in [1.165, 1.54) is 0 Å². The molecule has 0 bridgehead atoms. The summed E-state index contributed by atoms with van der Waals surface area (Å²) in [7, 11) is 0. The van der Waals surface area contributed by atoms with Crippen LogP contribution in [0.2, 0.25) is 0 Å². The van der Waals surface area contributed by atoms with Gasteiger partial charge in [-0.05, 0) is 62.4 Å². The Balaban J connectivity index is 1.68. The van der Waals surface area contributed by atoms with E-state index in [1.54, 1.807) is 19.1 Å². The molecule has 0 aliphatic heterocycles. The number of nitrogens with one attached hydrogen (secondary N) is 2. The number of hydrogen-bond acceptors (Lipinski definition) is 3. The van der Waals surface area contributed by atoms with E-state index in [0.717, 1.165) is 22.6 Å². The molecule has 0 heterocycles. The number of carbonyl (C=O) groups is 2. The molecule has 1 amide bonds. The van der Waals surface area contributed by atoms with Crippen LogP contribution < -0.4 is 10.6 Å². The van der Waals surface area contributed by atoms with Crippen molar-refractivity contribution in [1.82, 2.24) is 0 Å². The van der Waals surface area contributed by atoms with Gasteiger partial charge in [0.05, 0.1) is 0 Å². The number of anilines is 3. The molecule has 0 aromatic heterocycles. The summed E-state index contributed by atoms with van der Waals surface area (Å²) in [4.78, 5) is 23.8. The lowest BCUT2D eigenvalue weighted by molar-refractivity contribution is 0.101. The van der Waals surface area contributed by atoms with Crippen LogP contribution in [0.1, 0.15) is 33.2 Å². The van der Waals surface area contributed by atoms with Crippen LogP contribution >= 0.6 is 0 Å². The maximum absolute atomic E-state index is 12.3. The molecule has 0 unspecified atom stereocenters. The van der Waals surface area contributed by atoms with E-state index < -0.39 is 0 Å². The molecule has 26 heavy (non-hydrogen) atoms. The zero-order valence-electron chi connectivity index (χ0n) is 14.7. The van der Waals surface area contributed by atoms with Crippen LogP contribution in [0.5, 0.6) is 0 Å². The summed E-state index contributed by atoms with van der Waals surface area (Å²) in [5.74, 6) is -0.105. The van der Waals surface area contributed by atoms with Crippen LogP contribution in [0.25, 0.3) is 0 Å². The zero-order chi connectivity index (χ0) is 18.5. The molecule has 0 aliphatic carbocycles. The van der Waals surface area contributed by atoms with Crippen LogP contribution in [0.4, 0.5) is 17.1 Å². The third-order valence-electron chi connectivity index (χ3n) is 3.98. The summed E-state index contributed by atoms with van der Waals surface area (Å²) in [6.45, 7) is 3.50. The van der Waals surface area contributed by atoms with E-state index in [2.05, 4.69) is 10.6 Å². The Labute approximate surface area is 152 Å². The minimum absolute atomic E-state index is 0.0304. The molecule has 3 aromatic rings. The highest BCUT2D eigenvalue weighted by Gasteiger charge is 2.06. The maximum Gasteiger partial charge on any atom is 0.255 e. The molecule has 3 aromatic carbocycles. The first-order valence-electron chi connectivity index (χ1n) is 8.37. The van der Waals surface area contributed by atoms with Gasteiger partial charge in [0.1, 0.15) is 0 Å². The van der Waals surface area contributed by atoms with Crippen molar-refractivity contribution in [2.24, 2.45) is 0 Å². The standard InChI is InChI=1S/C22H20N2O2/c1-15-5-3-7-18(13-15)22(26)24-20-11-9-19(10-12-20)23-21-8-4-6-17(14-21)16(2)25/h3-14,23H,1-2H3,(H,24,26). The topological polar surface area (TPSA) is 58.2 Å². The first kappa shape index (κ1) is 17.4. The lowest BCUT2D eigenvalue weighted by atomic mass is 10.1. The molecule has 3 rings (SSSR count). The van der Waals surface area contributed by atoms with Crippen molar-refractivity contribution in [1.29, 1.82) is 0 Å². The quantitative estimate of drug-likeness (QED) is 0.626. The molecule has 2 N–H and O–H groups in total. The minimum Gasteiger partial charge on any atom is -0.356 e. The van der Waals surface area contributed by atoms with Crippen LogP contribution in [0, 0.1) is 6.92 Å².